The summed E-state index contributed by atoms with van der Waals surface area (Å²) in [7, 11) is 0. The van der Waals surface area contributed by atoms with Gasteiger partial charge in [-0.15, -0.1) is 0 Å². The van der Waals surface area contributed by atoms with Crippen LogP contribution in [-0.4, -0.2) is 6.71 Å². The van der Waals surface area contributed by atoms with Crippen molar-refractivity contribution in [2.45, 2.75) is 167 Å². The third kappa shape index (κ3) is 7.32. The summed E-state index contributed by atoms with van der Waals surface area (Å²) < 4.78 is 7.62. The van der Waals surface area contributed by atoms with E-state index >= 15 is 0 Å². The molecule has 0 saturated carbocycles. The lowest BCUT2D eigenvalue weighted by Gasteiger charge is -2.47. The molecule has 5 heteroatoms. The summed E-state index contributed by atoms with van der Waals surface area (Å²) in [4.78, 5) is 5.23. The number of hydrogen-bond donors (Lipinski definition) is 0. The van der Waals surface area contributed by atoms with E-state index in [0.717, 1.165) is 42.6 Å². The highest BCUT2D eigenvalue weighted by Crippen LogP contribution is 2.54. The van der Waals surface area contributed by atoms with Crippen LogP contribution in [0.15, 0.2) is 102 Å². The standard InChI is InChI=1S/C62H72BIN2O/c1-17-18-20-38(3)39-21-19-22-40(31-39)66-52-30-37(2)29-51-54(52)63(56-55(66)42-33-45-48(36-53(42)67-56)61(13,14)28-25-58(45,7)8)49-34-46-47(60(11,12)27-26-59(46,9)10)35-50(49)65(51)41-23-24-43(62(15,16)64)44(32-41)57(4,5)6/h17-24,29-36H,25-28H2,1-16H3/b18-17-,38-20+. The van der Waals surface area contributed by atoms with E-state index in [9.17, 15) is 0 Å². The summed E-state index contributed by atoms with van der Waals surface area (Å²) in [5.41, 5.74) is 24.4. The largest absolute Gasteiger partial charge is 0.468 e. The number of furan rings is 1. The normalized spacial score (nSPS) is 19.0. The predicted octanol–water partition coefficient (Wildman–Crippen LogP) is 16.5. The third-order valence-corrected chi connectivity index (χ3v) is 17.1. The number of nitrogens with zero attached hydrogens (tertiary/aromatic N) is 2. The number of benzene rings is 5. The lowest BCUT2D eigenvalue weighted by molar-refractivity contribution is 0.332. The van der Waals surface area contributed by atoms with Crippen molar-refractivity contribution in [2.24, 2.45) is 0 Å². The number of allylic oxidation sites excluding steroid dienone is 4. The number of fused-ring (bicyclic) bond motifs is 8. The maximum atomic E-state index is 7.65. The van der Waals surface area contributed by atoms with Crippen LogP contribution in [0.4, 0.5) is 34.1 Å². The molecule has 2 aliphatic carbocycles. The lowest BCUT2D eigenvalue weighted by atomic mass is 9.35. The van der Waals surface area contributed by atoms with Gasteiger partial charge in [0.1, 0.15) is 5.58 Å². The van der Waals surface area contributed by atoms with E-state index in [1.54, 1.807) is 0 Å². The zero-order chi connectivity index (χ0) is 48.1. The first kappa shape index (κ1) is 46.3. The Balaban J connectivity index is 1.36. The Kier molecular flexibility index (Phi) is 10.5. The molecular weight excluding hydrogens is 926 g/mol. The molecule has 0 bridgehead atoms. The lowest BCUT2D eigenvalue weighted by Crippen LogP contribution is -2.61. The van der Waals surface area contributed by atoms with Gasteiger partial charge in [0.25, 0.3) is 6.71 Å². The van der Waals surface area contributed by atoms with Crippen LogP contribution in [-0.2, 0) is 30.5 Å². The van der Waals surface area contributed by atoms with Crippen molar-refractivity contribution in [3.05, 3.63) is 142 Å². The summed E-state index contributed by atoms with van der Waals surface area (Å²) in [6.45, 7) is 37.9. The van der Waals surface area contributed by atoms with Gasteiger partial charge in [-0.3, -0.25) is 0 Å². The molecule has 67 heavy (non-hydrogen) atoms. The fourth-order valence-electron chi connectivity index (χ4n) is 12.3. The van der Waals surface area contributed by atoms with Crippen LogP contribution >= 0.6 is 22.6 Å². The average Bonchev–Trinajstić information content (AvgIpc) is 3.62. The zero-order valence-corrected chi connectivity index (χ0v) is 45.5. The van der Waals surface area contributed by atoms with Gasteiger partial charge in [0, 0.05) is 37.2 Å². The fraction of sp³-hybridized carbons (Fsp3) is 0.419. The predicted molar refractivity (Wildman–Crippen MR) is 300 cm³/mol. The van der Waals surface area contributed by atoms with Gasteiger partial charge < -0.3 is 14.2 Å². The van der Waals surface area contributed by atoms with Gasteiger partial charge in [0.2, 0.25) is 0 Å². The number of hydrogen-bond acceptors (Lipinski definition) is 3. The Labute approximate surface area is 416 Å². The fourth-order valence-corrected chi connectivity index (χ4v) is 12.8. The molecule has 10 rings (SSSR count). The van der Waals surface area contributed by atoms with E-state index in [2.05, 4.69) is 240 Å². The minimum Gasteiger partial charge on any atom is -0.468 e. The minimum atomic E-state index is -0.117. The molecule has 3 heterocycles. The van der Waals surface area contributed by atoms with Crippen molar-refractivity contribution >= 4 is 96.6 Å². The molecule has 0 fully saturated rings. The van der Waals surface area contributed by atoms with Crippen LogP contribution in [0.3, 0.4) is 0 Å². The highest BCUT2D eigenvalue weighted by molar-refractivity contribution is 14.1. The Morgan fingerprint density at radius 2 is 1.22 bits per heavy atom. The maximum Gasteiger partial charge on any atom is 0.297 e. The summed E-state index contributed by atoms with van der Waals surface area (Å²) >= 11 is 2.63. The molecule has 2 aliphatic heterocycles. The minimum absolute atomic E-state index is 0.0282. The molecule has 0 atom stereocenters. The maximum absolute atomic E-state index is 7.65. The Morgan fingerprint density at radius 1 is 0.657 bits per heavy atom. The van der Waals surface area contributed by atoms with Gasteiger partial charge in [0.15, 0.2) is 0 Å². The summed E-state index contributed by atoms with van der Waals surface area (Å²) in [6, 6.07) is 31.7. The molecule has 0 radical (unpaired) electrons. The van der Waals surface area contributed by atoms with Crippen molar-refractivity contribution in [1.29, 1.82) is 0 Å². The van der Waals surface area contributed by atoms with E-state index in [4.69, 9.17) is 4.42 Å². The van der Waals surface area contributed by atoms with Crippen molar-refractivity contribution in [2.75, 3.05) is 9.80 Å². The molecule has 0 unspecified atom stereocenters. The van der Waals surface area contributed by atoms with Crippen LogP contribution in [0.1, 0.15) is 174 Å². The Hall–Kier alpha value is -4.49. The van der Waals surface area contributed by atoms with E-state index < -0.39 is 0 Å². The number of anilines is 6. The van der Waals surface area contributed by atoms with Gasteiger partial charge in [-0.1, -0.05) is 141 Å². The molecule has 0 saturated heterocycles. The molecule has 346 valence electrons. The van der Waals surface area contributed by atoms with Crippen LogP contribution in [0.2, 0.25) is 0 Å². The van der Waals surface area contributed by atoms with Gasteiger partial charge in [-0.05, 0) is 203 Å². The van der Waals surface area contributed by atoms with E-state index in [-0.39, 0.29) is 37.2 Å². The van der Waals surface area contributed by atoms with E-state index in [1.165, 1.54) is 94.8 Å². The highest BCUT2D eigenvalue weighted by Gasteiger charge is 2.50. The SMILES string of the molecule is C/C=C\C=C(/C)c1cccc(N2c3cc(C)cc4c3B(c3cc5c(cc3N4c3ccc(C(C)(C)I)c(C(C)(C)C)c3)C(C)(C)CCC5(C)C)c3oc4cc5c(cc4c32)C(C)(C)CCC5(C)C)c1. The molecule has 5 aromatic carbocycles. The second-order valence-electron chi connectivity index (χ2n) is 24.9. The van der Waals surface area contributed by atoms with Crippen LogP contribution in [0.25, 0.3) is 16.5 Å². The quantitative estimate of drug-likeness (QED) is 0.0741. The molecule has 1 aromatic heterocycles. The average molecular weight is 999 g/mol. The second-order valence-corrected chi connectivity index (χ2v) is 27.6. The van der Waals surface area contributed by atoms with Gasteiger partial charge in [-0.2, -0.15) is 0 Å². The monoisotopic (exact) mass is 998 g/mol. The van der Waals surface area contributed by atoms with Crippen molar-refractivity contribution in [1.82, 2.24) is 0 Å². The van der Waals surface area contributed by atoms with Crippen LogP contribution < -0.4 is 26.4 Å². The van der Waals surface area contributed by atoms with E-state index in [0.29, 0.717) is 0 Å². The van der Waals surface area contributed by atoms with E-state index in [1.807, 2.05) is 0 Å². The van der Waals surface area contributed by atoms with Crippen molar-refractivity contribution < 1.29 is 4.42 Å². The summed E-state index contributed by atoms with van der Waals surface area (Å²) in [5, 5.41) is 1.20. The molecule has 6 aromatic rings. The Morgan fingerprint density at radius 3 is 1.82 bits per heavy atom. The second kappa shape index (κ2) is 15.3. The summed E-state index contributed by atoms with van der Waals surface area (Å²) in [5.74, 6) is 0. The number of alkyl halides is 1. The topological polar surface area (TPSA) is 19.6 Å². The smallest absolute Gasteiger partial charge is 0.297 e. The molecule has 3 nitrogen and oxygen atoms in total. The van der Waals surface area contributed by atoms with Crippen molar-refractivity contribution in [3.8, 4) is 0 Å². The molecule has 0 amide bonds. The Bertz CT molecular complexity index is 3100. The molecule has 0 spiro atoms. The molecule has 0 N–H and O–H groups in total. The van der Waals surface area contributed by atoms with Gasteiger partial charge in [-0.25, -0.2) is 0 Å². The zero-order valence-electron chi connectivity index (χ0n) is 43.3. The number of aryl methyl sites for hydroxylation is 1. The molecule has 4 aliphatic rings. The van der Waals surface area contributed by atoms with Crippen molar-refractivity contribution in [3.63, 3.8) is 0 Å². The van der Waals surface area contributed by atoms with Crippen LogP contribution in [0.5, 0.6) is 0 Å². The number of rotatable bonds is 5. The van der Waals surface area contributed by atoms with Gasteiger partial charge in [0.05, 0.1) is 11.3 Å². The molecular formula is C62H72BIN2O. The van der Waals surface area contributed by atoms with Crippen LogP contribution in [0, 0.1) is 6.92 Å². The third-order valence-electron chi connectivity index (χ3n) is 16.6. The highest BCUT2D eigenvalue weighted by atomic mass is 127. The summed E-state index contributed by atoms with van der Waals surface area (Å²) in [6.07, 6.45) is 11.1. The first-order valence-corrected chi connectivity index (χ1v) is 26.1. The first-order chi connectivity index (χ1) is 31.2. The first-order valence-electron chi connectivity index (χ1n) is 25.0. The number of halogens is 1. The van der Waals surface area contributed by atoms with Gasteiger partial charge >= 0.3 is 0 Å².